The van der Waals surface area contributed by atoms with Crippen molar-refractivity contribution in [3.8, 4) is 0 Å². The average molecular weight is 369 g/mol. The number of aryl methyl sites for hydroxylation is 1. The number of hydrogen-bond acceptors (Lipinski definition) is 2. The monoisotopic (exact) mass is 368 g/mol. The van der Waals surface area contributed by atoms with E-state index < -0.39 is 0 Å². The first-order chi connectivity index (χ1) is 13.4. The summed E-state index contributed by atoms with van der Waals surface area (Å²) in [5.74, 6) is 0. The largest absolute Gasteiger partial charge is 0.363 e. The fourth-order valence-corrected chi connectivity index (χ4v) is 4.42. The molecule has 0 atom stereocenters. The van der Waals surface area contributed by atoms with Crippen molar-refractivity contribution >= 4 is 33.9 Å². The number of allylic oxidation sites excluding steroid dienone is 1. The van der Waals surface area contributed by atoms with Gasteiger partial charge in [0.05, 0.1) is 11.2 Å². The molecule has 0 unspecified atom stereocenters. The molecule has 0 radical (unpaired) electrons. The minimum absolute atomic E-state index is 0.0385. The maximum absolute atomic E-state index is 4.85. The predicted octanol–water partition coefficient (Wildman–Crippen LogP) is 6.92. The predicted molar refractivity (Wildman–Crippen MR) is 123 cm³/mol. The minimum Gasteiger partial charge on any atom is -0.363 e. The molecule has 0 fully saturated rings. The summed E-state index contributed by atoms with van der Waals surface area (Å²) in [6.45, 7) is 12.2. The Bertz CT molecular complexity index is 1100. The molecular weight excluding hydrogens is 340 g/mol. The summed E-state index contributed by atoms with van der Waals surface area (Å²) in [6, 6.07) is 19.3. The molecule has 0 bridgehead atoms. The van der Waals surface area contributed by atoms with Crippen molar-refractivity contribution < 1.29 is 0 Å². The van der Waals surface area contributed by atoms with E-state index in [9.17, 15) is 0 Å². The Morgan fingerprint density at radius 1 is 1.00 bits per heavy atom. The van der Waals surface area contributed by atoms with Crippen molar-refractivity contribution in [1.29, 1.82) is 0 Å². The third-order valence-electron chi connectivity index (χ3n) is 5.79. The molecule has 3 aromatic carbocycles. The number of hydrogen-bond donors (Lipinski definition) is 0. The Kier molecular flexibility index (Phi) is 4.58. The van der Waals surface area contributed by atoms with E-state index >= 15 is 0 Å². The Morgan fingerprint density at radius 2 is 1.75 bits per heavy atom. The molecule has 0 spiro atoms. The number of aliphatic imine (C=N–C) groups is 1. The normalized spacial score (nSPS) is 15.8. The van der Waals surface area contributed by atoms with Crippen molar-refractivity contribution in [2.45, 2.75) is 40.2 Å². The zero-order valence-electron chi connectivity index (χ0n) is 17.5. The molecule has 0 amide bonds. The molecule has 3 aromatic rings. The molecule has 0 aliphatic carbocycles. The molecule has 0 aromatic heterocycles. The number of benzene rings is 3. The number of fused-ring (bicyclic) bond motifs is 2. The molecule has 28 heavy (non-hydrogen) atoms. The number of rotatable bonds is 3. The van der Waals surface area contributed by atoms with Crippen LogP contribution in [0.3, 0.4) is 0 Å². The zero-order valence-corrected chi connectivity index (χ0v) is 17.5. The fourth-order valence-electron chi connectivity index (χ4n) is 4.42. The second-order valence-corrected chi connectivity index (χ2v) is 8.21. The number of likely N-dealkylation sites (N-methyl/N-ethyl adjacent to an activating group) is 1. The van der Waals surface area contributed by atoms with Gasteiger partial charge >= 0.3 is 0 Å². The SMILES string of the molecule is CCN1c2cc(C)c(C=Nc3cccc4ccccc34)cc2C(C)=CC1(C)C. The smallest absolute Gasteiger partial charge is 0.0708 e. The van der Waals surface area contributed by atoms with Crippen LogP contribution in [0.25, 0.3) is 16.3 Å². The molecule has 0 saturated heterocycles. The quantitative estimate of drug-likeness (QED) is 0.458. The van der Waals surface area contributed by atoms with Gasteiger partial charge in [-0.2, -0.15) is 0 Å². The molecule has 1 aliphatic rings. The van der Waals surface area contributed by atoms with Gasteiger partial charge in [-0.15, -0.1) is 0 Å². The fraction of sp³-hybridized carbons (Fsp3) is 0.269. The second kappa shape index (κ2) is 6.94. The summed E-state index contributed by atoms with van der Waals surface area (Å²) in [5.41, 5.74) is 7.46. The Labute approximate surface area is 168 Å². The molecule has 1 aliphatic heterocycles. The Hall–Kier alpha value is -2.87. The van der Waals surface area contributed by atoms with Crippen molar-refractivity contribution in [3.05, 3.63) is 77.4 Å². The third-order valence-corrected chi connectivity index (χ3v) is 5.79. The maximum Gasteiger partial charge on any atom is 0.0708 e. The highest BCUT2D eigenvalue weighted by atomic mass is 15.2. The lowest BCUT2D eigenvalue weighted by Gasteiger charge is -2.43. The molecule has 4 rings (SSSR count). The molecule has 0 N–H and O–H groups in total. The molecule has 2 nitrogen and oxygen atoms in total. The van der Waals surface area contributed by atoms with E-state index in [1.165, 1.54) is 38.7 Å². The van der Waals surface area contributed by atoms with Gasteiger partial charge in [0.15, 0.2) is 0 Å². The highest BCUT2D eigenvalue weighted by Crippen LogP contribution is 2.40. The van der Waals surface area contributed by atoms with Gasteiger partial charge in [-0.25, -0.2) is 0 Å². The van der Waals surface area contributed by atoms with E-state index in [1.807, 2.05) is 6.21 Å². The van der Waals surface area contributed by atoms with Crippen LogP contribution in [0.1, 0.15) is 44.4 Å². The number of anilines is 1. The van der Waals surface area contributed by atoms with Crippen LogP contribution in [0.4, 0.5) is 11.4 Å². The van der Waals surface area contributed by atoms with Gasteiger partial charge < -0.3 is 4.90 Å². The van der Waals surface area contributed by atoms with Gasteiger partial charge in [-0.1, -0.05) is 42.5 Å². The lowest BCUT2D eigenvalue weighted by molar-refractivity contribution is 0.566. The van der Waals surface area contributed by atoms with Gasteiger partial charge in [0.1, 0.15) is 0 Å². The first kappa shape index (κ1) is 18.5. The zero-order chi connectivity index (χ0) is 19.9. The van der Waals surface area contributed by atoms with Crippen LogP contribution in [0.5, 0.6) is 0 Å². The number of nitrogens with zero attached hydrogens (tertiary/aromatic N) is 2. The summed E-state index contributed by atoms with van der Waals surface area (Å²) in [5, 5.41) is 2.41. The van der Waals surface area contributed by atoms with Crippen molar-refractivity contribution in [2.24, 2.45) is 4.99 Å². The Balaban J connectivity index is 1.78. The summed E-state index contributed by atoms with van der Waals surface area (Å²) < 4.78 is 0. The van der Waals surface area contributed by atoms with Gasteiger partial charge in [0, 0.05) is 29.4 Å². The molecular formula is C26H28N2. The second-order valence-electron chi connectivity index (χ2n) is 8.21. The molecule has 142 valence electrons. The van der Waals surface area contributed by atoms with Crippen LogP contribution < -0.4 is 4.90 Å². The minimum atomic E-state index is 0.0385. The lowest BCUT2D eigenvalue weighted by Crippen LogP contribution is -2.45. The first-order valence-corrected chi connectivity index (χ1v) is 10.0. The summed E-state index contributed by atoms with van der Waals surface area (Å²) in [4.78, 5) is 7.33. The summed E-state index contributed by atoms with van der Waals surface area (Å²) in [7, 11) is 0. The van der Waals surface area contributed by atoms with Crippen LogP contribution >= 0.6 is 0 Å². The van der Waals surface area contributed by atoms with Crippen LogP contribution in [-0.4, -0.2) is 18.3 Å². The Morgan fingerprint density at radius 3 is 2.54 bits per heavy atom. The van der Waals surface area contributed by atoms with Crippen LogP contribution in [0.15, 0.2) is 65.7 Å². The highest BCUT2D eigenvalue weighted by molar-refractivity contribution is 5.96. The molecule has 1 heterocycles. The van der Waals surface area contributed by atoms with Crippen LogP contribution in [0, 0.1) is 6.92 Å². The van der Waals surface area contributed by atoms with Crippen LogP contribution in [0.2, 0.25) is 0 Å². The van der Waals surface area contributed by atoms with E-state index in [0.717, 1.165) is 12.2 Å². The highest BCUT2D eigenvalue weighted by Gasteiger charge is 2.30. The van der Waals surface area contributed by atoms with Gasteiger partial charge in [0.2, 0.25) is 0 Å². The van der Waals surface area contributed by atoms with Crippen LogP contribution in [-0.2, 0) is 0 Å². The van der Waals surface area contributed by atoms with Crippen molar-refractivity contribution in [3.63, 3.8) is 0 Å². The van der Waals surface area contributed by atoms with Gasteiger partial charge in [-0.3, -0.25) is 4.99 Å². The van der Waals surface area contributed by atoms with Crippen molar-refractivity contribution in [1.82, 2.24) is 0 Å². The van der Waals surface area contributed by atoms with E-state index in [-0.39, 0.29) is 5.54 Å². The lowest BCUT2D eigenvalue weighted by atomic mass is 9.87. The maximum atomic E-state index is 4.85. The van der Waals surface area contributed by atoms with E-state index in [0.29, 0.717) is 0 Å². The average Bonchev–Trinajstić information content (AvgIpc) is 2.66. The molecule has 2 heteroatoms. The summed E-state index contributed by atoms with van der Waals surface area (Å²) >= 11 is 0. The van der Waals surface area contributed by atoms with E-state index in [4.69, 9.17) is 4.99 Å². The topological polar surface area (TPSA) is 15.6 Å². The first-order valence-electron chi connectivity index (χ1n) is 10.0. The third kappa shape index (κ3) is 3.13. The van der Waals surface area contributed by atoms with Gasteiger partial charge in [0.25, 0.3) is 0 Å². The van der Waals surface area contributed by atoms with E-state index in [2.05, 4.69) is 100 Å². The standard InChI is InChI=1S/C26H28N2/c1-6-28-25-14-18(2)21(15-23(25)19(3)16-26(28,4)5)17-27-24-13-9-11-20-10-7-8-12-22(20)24/h7-17H,6H2,1-5H3. The summed E-state index contributed by atoms with van der Waals surface area (Å²) in [6.07, 6.45) is 4.39. The molecule has 0 saturated carbocycles. The van der Waals surface area contributed by atoms with Gasteiger partial charge in [-0.05, 0) is 74.9 Å². The van der Waals surface area contributed by atoms with E-state index in [1.54, 1.807) is 0 Å². The van der Waals surface area contributed by atoms with Crippen molar-refractivity contribution in [2.75, 3.05) is 11.4 Å².